The summed E-state index contributed by atoms with van der Waals surface area (Å²) in [5.41, 5.74) is -0.767. The summed E-state index contributed by atoms with van der Waals surface area (Å²) >= 11 is 0. The number of hydrogen-bond donors (Lipinski definition) is 2. The van der Waals surface area contributed by atoms with Crippen LogP contribution in [0.1, 0.15) is 24.2 Å². The normalized spacial score (nSPS) is 18.5. The van der Waals surface area contributed by atoms with Crippen LogP contribution in [0.2, 0.25) is 0 Å². The summed E-state index contributed by atoms with van der Waals surface area (Å²) < 4.78 is 32.6. The Balaban J connectivity index is 2.17. The molecule has 2 N–H and O–H groups in total. The van der Waals surface area contributed by atoms with E-state index in [4.69, 9.17) is 9.84 Å². The van der Waals surface area contributed by atoms with E-state index in [2.05, 4.69) is 5.32 Å². The van der Waals surface area contributed by atoms with Gasteiger partial charge in [-0.05, 0) is 18.1 Å². The largest absolute Gasteiger partial charge is 0.479 e. The highest BCUT2D eigenvalue weighted by Gasteiger charge is 2.35. The molecule has 2 atom stereocenters. The van der Waals surface area contributed by atoms with Crippen molar-refractivity contribution >= 4 is 17.8 Å². The standard InChI is InChI=1S/C17H20F2N2O5/c1-9(2)14(16(23)21-6-7-26-12(8-21)17(24)25)20-15(22)13-10(18)4-3-5-11(13)19/h3-5,9,12,14H,6-8H2,1-2H3,(H,20,22)(H,24,25). The Hall–Kier alpha value is -2.55. The second kappa shape index (κ2) is 8.22. The van der Waals surface area contributed by atoms with Crippen molar-refractivity contribution in [3.8, 4) is 0 Å². The van der Waals surface area contributed by atoms with E-state index in [1.165, 1.54) is 4.90 Å². The lowest BCUT2D eigenvalue weighted by Gasteiger charge is -2.34. The number of hydrogen-bond acceptors (Lipinski definition) is 4. The van der Waals surface area contributed by atoms with Gasteiger partial charge in [0.1, 0.15) is 23.2 Å². The van der Waals surface area contributed by atoms with E-state index in [-0.39, 0.29) is 25.6 Å². The van der Waals surface area contributed by atoms with Crippen molar-refractivity contribution in [3.05, 3.63) is 35.4 Å². The Bertz CT molecular complexity index is 690. The molecule has 26 heavy (non-hydrogen) atoms. The van der Waals surface area contributed by atoms with Crippen molar-refractivity contribution in [2.75, 3.05) is 19.7 Å². The monoisotopic (exact) mass is 370 g/mol. The molecule has 2 rings (SSSR count). The van der Waals surface area contributed by atoms with Crippen LogP contribution in [0.25, 0.3) is 0 Å². The van der Waals surface area contributed by atoms with Gasteiger partial charge in [-0.3, -0.25) is 9.59 Å². The molecule has 1 aliphatic rings. The Morgan fingerprint density at radius 2 is 1.88 bits per heavy atom. The number of morpholine rings is 1. The van der Waals surface area contributed by atoms with Gasteiger partial charge in [-0.1, -0.05) is 19.9 Å². The lowest BCUT2D eigenvalue weighted by Crippen LogP contribution is -2.56. The van der Waals surface area contributed by atoms with E-state index in [1.807, 2.05) is 0 Å². The predicted octanol–water partition coefficient (Wildman–Crippen LogP) is 1.03. The van der Waals surface area contributed by atoms with Crippen molar-refractivity contribution in [1.29, 1.82) is 0 Å². The maximum Gasteiger partial charge on any atom is 0.334 e. The van der Waals surface area contributed by atoms with Gasteiger partial charge in [-0.2, -0.15) is 0 Å². The molecule has 0 radical (unpaired) electrons. The van der Waals surface area contributed by atoms with Gasteiger partial charge in [0.25, 0.3) is 5.91 Å². The number of ether oxygens (including phenoxy) is 1. The Morgan fingerprint density at radius 1 is 1.27 bits per heavy atom. The molecule has 0 spiro atoms. The summed E-state index contributed by atoms with van der Waals surface area (Å²) in [6.45, 7) is 3.37. The van der Waals surface area contributed by atoms with E-state index >= 15 is 0 Å². The van der Waals surface area contributed by atoms with Crippen LogP contribution >= 0.6 is 0 Å². The summed E-state index contributed by atoms with van der Waals surface area (Å²) in [6, 6.07) is 1.97. The first kappa shape index (κ1) is 19.8. The Labute approximate surface area is 148 Å². The van der Waals surface area contributed by atoms with Crippen LogP contribution in [-0.2, 0) is 14.3 Å². The number of aliphatic carboxylic acids is 1. The van der Waals surface area contributed by atoms with E-state index in [1.54, 1.807) is 13.8 Å². The summed E-state index contributed by atoms with van der Waals surface area (Å²) in [4.78, 5) is 37.3. The lowest BCUT2D eigenvalue weighted by molar-refractivity contribution is -0.160. The molecule has 2 amide bonds. The molecular formula is C17H20F2N2O5. The summed E-state index contributed by atoms with van der Waals surface area (Å²) in [6.07, 6.45) is -1.15. The van der Waals surface area contributed by atoms with Gasteiger partial charge in [-0.25, -0.2) is 13.6 Å². The zero-order valence-corrected chi connectivity index (χ0v) is 14.4. The van der Waals surface area contributed by atoms with Crippen molar-refractivity contribution in [2.24, 2.45) is 5.92 Å². The number of halogens is 2. The number of benzene rings is 1. The second-order valence-corrected chi connectivity index (χ2v) is 6.27. The van der Waals surface area contributed by atoms with Crippen LogP contribution in [0, 0.1) is 17.6 Å². The number of carbonyl (C=O) groups is 3. The van der Waals surface area contributed by atoms with E-state index in [0.29, 0.717) is 0 Å². The average molecular weight is 370 g/mol. The van der Waals surface area contributed by atoms with E-state index < -0.39 is 47.1 Å². The van der Waals surface area contributed by atoms with Crippen molar-refractivity contribution < 1.29 is 33.0 Å². The smallest absolute Gasteiger partial charge is 0.334 e. The van der Waals surface area contributed by atoms with Crippen molar-refractivity contribution in [2.45, 2.75) is 26.0 Å². The predicted molar refractivity (Wildman–Crippen MR) is 86.4 cm³/mol. The average Bonchev–Trinajstić information content (AvgIpc) is 2.58. The molecule has 9 heteroatoms. The van der Waals surface area contributed by atoms with Gasteiger partial charge < -0.3 is 20.1 Å². The molecule has 0 aliphatic carbocycles. The number of carbonyl (C=O) groups excluding carboxylic acids is 2. The maximum atomic E-state index is 13.8. The third kappa shape index (κ3) is 4.34. The second-order valence-electron chi connectivity index (χ2n) is 6.27. The van der Waals surface area contributed by atoms with Crippen LogP contribution in [0.4, 0.5) is 8.78 Å². The first-order chi connectivity index (χ1) is 12.2. The van der Waals surface area contributed by atoms with Crippen LogP contribution in [0.5, 0.6) is 0 Å². The van der Waals surface area contributed by atoms with Crippen LogP contribution in [0.15, 0.2) is 18.2 Å². The first-order valence-corrected chi connectivity index (χ1v) is 8.10. The van der Waals surface area contributed by atoms with Gasteiger partial charge >= 0.3 is 5.97 Å². The fourth-order valence-corrected chi connectivity index (χ4v) is 2.64. The minimum Gasteiger partial charge on any atom is -0.479 e. The highest BCUT2D eigenvalue weighted by Crippen LogP contribution is 2.15. The third-order valence-electron chi connectivity index (χ3n) is 4.06. The summed E-state index contributed by atoms with van der Waals surface area (Å²) in [7, 11) is 0. The Kier molecular flexibility index (Phi) is 6.25. The molecule has 0 aromatic heterocycles. The molecule has 1 aromatic carbocycles. The number of amides is 2. The molecule has 1 saturated heterocycles. The number of nitrogens with one attached hydrogen (secondary N) is 1. The summed E-state index contributed by atoms with van der Waals surface area (Å²) in [5.74, 6) is -5.21. The van der Waals surface area contributed by atoms with Gasteiger partial charge in [0.15, 0.2) is 6.10 Å². The topological polar surface area (TPSA) is 95.9 Å². The maximum absolute atomic E-state index is 13.8. The van der Waals surface area contributed by atoms with Crippen LogP contribution in [0.3, 0.4) is 0 Å². The fourth-order valence-electron chi connectivity index (χ4n) is 2.64. The van der Waals surface area contributed by atoms with E-state index in [0.717, 1.165) is 18.2 Å². The molecule has 1 fully saturated rings. The molecular weight excluding hydrogens is 350 g/mol. The van der Waals surface area contributed by atoms with Gasteiger partial charge in [0.05, 0.1) is 13.2 Å². The molecule has 1 heterocycles. The van der Waals surface area contributed by atoms with Gasteiger partial charge in [0.2, 0.25) is 5.91 Å². The molecule has 7 nitrogen and oxygen atoms in total. The highest BCUT2D eigenvalue weighted by atomic mass is 19.1. The Morgan fingerprint density at radius 3 is 2.42 bits per heavy atom. The van der Waals surface area contributed by atoms with Crippen molar-refractivity contribution in [1.82, 2.24) is 10.2 Å². The fraction of sp³-hybridized carbons (Fsp3) is 0.471. The minimum atomic E-state index is -1.19. The minimum absolute atomic E-state index is 0.0450. The third-order valence-corrected chi connectivity index (χ3v) is 4.06. The lowest BCUT2D eigenvalue weighted by atomic mass is 10.0. The molecule has 0 saturated carbocycles. The van der Waals surface area contributed by atoms with Crippen molar-refractivity contribution in [3.63, 3.8) is 0 Å². The quantitative estimate of drug-likeness (QED) is 0.807. The number of rotatable bonds is 5. The SMILES string of the molecule is CC(C)C(NC(=O)c1c(F)cccc1F)C(=O)N1CCOC(C(=O)O)C1. The van der Waals surface area contributed by atoms with Crippen LogP contribution in [-0.4, -0.2) is 59.6 Å². The van der Waals surface area contributed by atoms with E-state index in [9.17, 15) is 23.2 Å². The zero-order chi connectivity index (χ0) is 19.4. The van der Waals surface area contributed by atoms with Crippen LogP contribution < -0.4 is 5.32 Å². The molecule has 1 aromatic rings. The molecule has 0 bridgehead atoms. The highest BCUT2D eigenvalue weighted by molar-refractivity contribution is 5.98. The number of carboxylic acids is 1. The summed E-state index contributed by atoms with van der Waals surface area (Å²) in [5, 5.41) is 11.4. The number of carboxylic acid groups (broad SMARTS) is 1. The van der Waals surface area contributed by atoms with Gasteiger partial charge in [0, 0.05) is 6.54 Å². The molecule has 142 valence electrons. The molecule has 1 aliphatic heterocycles. The first-order valence-electron chi connectivity index (χ1n) is 8.10. The number of nitrogens with zero attached hydrogens (tertiary/aromatic N) is 1. The molecule has 2 unspecified atom stereocenters. The van der Waals surface area contributed by atoms with Gasteiger partial charge in [-0.15, -0.1) is 0 Å². The zero-order valence-electron chi connectivity index (χ0n) is 14.4.